The lowest BCUT2D eigenvalue weighted by Crippen LogP contribution is -2.44. The molecule has 0 saturated heterocycles. The smallest absolute Gasteiger partial charge is 0.253 e. The third kappa shape index (κ3) is 4.99. The lowest BCUT2D eigenvalue weighted by Gasteiger charge is -2.15. The highest BCUT2D eigenvalue weighted by atomic mass is 35.5. The third-order valence-corrected chi connectivity index (χ3v) is 4.46. The average molecular weight is 398 g/mol. The zero-order valence-corrected chi connectivity index (χ0v) is 16.5. The number of amides is 2. The van der Waals surface area contributed by atoms with Gasteiger partial charge in [0.05, 0.1) is 28.4 Å². The van der Waals surface area contributed by atoms with E-state index in [9.17, 15) is 9.59 Å². The number of halogens is 2. The SMILES string of the molecule is C[C@H](NC(=O)c1cccc(Cl)c1Cl)C(=O)NCc1ncc(C(C)(C)C)o1. The molecule has 0 unspecified atom stereocenters. The van der Waals surface area contributed by atoms with Crippen molar-refractivity contribution in [3.05, 3.63) is 51.7 Å². The molecule has 0 radical (unpaired) electrons. The van der Waals surface area contributed by atoms with Gasteiger partial charge in [-0.05, 0) is 19.1 Å². The number of nitrogens with zero attached hydrogens (tertiary/aromatic N) is 1. The van der Waals surface area contributed by atoms with Gasteiger partial charge in [0.15, 0.2) is 0 Å². The van der Waals surface area contributed by atoms with Crippen LogP contribution in [0.3, 0.4) is 0 Å². The summed E-state index contributed by atoms with van der Waals surface area (Å²) in [6.45, 7) is 7.73. The van der Waals surface area contributed by atoms with Gasteiger partial charge >= 0.3 is 0 Å². The molecule has 2 aromatic rings. The predicted molar refractivity (Wildman–Crippen MR) is 100 cm³/mol. The van der Waals surface area contributed by atoms with E-state index in [1.54, 1.807) is 25.3 Å². The van der Waals surface area contributed by atoms with Crippen molar-refractivity contribution in [1.29, 1.82) is 0 Å². The molecule has 0 aliphatic carbocycles. The highest BCUT2D eigenvalue weighted by Gasteiger charge is 2.21. The second-order valence-electron chi connectivity index (χ2n) is 6.88. The van der Waals surface area contributed by atoms with Gasteiger partial charge in [-0.15, -0.1) is 0 Å². The van der Waals surface area contributed by atoms with E-state index in [0.717, 1.165) is 5.76 Å². The van der Waals surface area contributed by atoms with E-state index in [1.165, 1.54) is 6.07 Å². The average Bonchev–Trinajstić information content (AvgIpc) is 3.04. The minimum absolute atomic E-state index is 0.132. The van der Waals surface area contributed by atoms with Crippen LogP contribution in [0.1, 0.15) is 49.7 Å². The normalized spacial score (nSPS) is 12.5. The van der Waals surface area contributed by atoms with Gasteiger partial charge in [-0.2, -0.15) is 0 Å². The summed E-state index contributed by atoms with van der Waals surface area (Å²) in [7, 11) is 0. The molecule has 0 aliphatic heterocycles. The quantitative estimate of drug-likeness (QED) is 0.804. The number of aromatic nitrogens is 1. The summed E-state index contributed by atoms with van der Waals surface area (Å²) < 4.78 is 5.61. The Bertz CT molecular complexity index is 812. The van der Waals surface area contributed by atoms with Crippen molar-refractivity contribution in [2.75, 3.05) is 0 Å². The van der Waals surface area contributed by atoms with Crippen LogP contribution in [0, 0.1) is 0 Å². The van der Waals surface area contributed by atoms with Crippen LogP contribution < -0.4 is 10.6 Å². The number of benzene rings is 1. The molecule has 0 fully saturated rings. The first-order valence-electron chi connectivity index (χ1n) is 8.07. The van der Waals surface area contributed by atoms with Crippen LogP contribution >= 0.6 is 23.2 Å². The highest BCUT2D eigenvalue weighted by molar-refractivity contribution is 6.43. The van der Waals surface area contributed by atoms with Gasteiger partial charge in [0.2, 0.25) is 11.8 Å². The summed E-state index contributed by atoms with van der Waals surface area (Å²) in [5.74, 6) is 0.289. The summed E-state index contributed by atoms with van der Waals surface area (Å²) in [6.07, 6.45) is 1.65. The van der Waals surface area contributed by atoms with Crippen LogP contribution in [0.15, 0.2) is 28.8 Å². The van der Waals surface area contributed by atoms with Crippen molar-refractivity contribution in [2.45, 2.75) is 45.7 Å². The Labute approximate surface area is 162 Å². The molecule has 2 N–H and O–H groups in total. The molecule has 0 saturated carbocycles. The Morgan fingerprint density at radius 1 is 1.27 bits per heavy atom. The summed E-state index contributed by atoms with van der Waals surface area (Å²) in [4.78, 5) is 28.6. The zero-order valence-electron chi connectivity index (χ0n) is 15.0. The van der Waals surface area contributed by atoms with Crippen molar-refractivity contribution in [3.8, 4) is 0 Å². The van der Waals surface area contributed by atoms with E-state index < -0.39 is 11.9 Å². The zero-order chi connectivity index (χ0) is 19.5. The predicted octanol–water partition coefficient (Wildman–Crippen LogP) is 3.71. The first-order valence-corrected chi connectivity index (χ1v) is 8.83. The monoisotopic (exact) mass is 397 g/mol. The van der Waals surface area contributed by atoms with Crippen LogP contribution in [-0.2, 0) is 16.8 Å². The first kappa shape index (κ1) is 20.3. The van der Waals surface area contributed by atoms with Gasteiger partial charge in [-0.25, -0.2) is 4.98 Å². The molecule has 1 aromatic heterocycles. The second kappa shape index (κ2) is 8.10. The van der Waals surface area contributed by atoms with Gasteiger partial charge in [0, 0.05) is 5.41 Å². The Kier molecular flexibility index (Phi) is 6.31. The molecule has 140 valence electrons. The van der Waals surface area contributed by atoms with Crippen LogP contribution in [0.25, 0.3) is 0 Å². The summed E-state index contributed by atoms with van der Waals surface area (Å²) in [6, 6.07) is 3.96. The molecule has 1 aromatic carbocycles. The topological polar surface area (TPSA) is 84.2 Å². The standard InChI is InChI=1S/C18H21Cl2N3O3/c1-10(23-17(25)11-6-5-7-12(19)15(11)20)16(24)22-9-14-21-8-13(26-14)18(2,3)4/h5-8,10H,9H2,1-4H3,(H,22,24)(H,23,25)/t10-/m0/s1. The molecule has 0 spiro atoms. The van der Waals surface area contributed by atoms with Crippen molar-refractivity contribution in [2.24, 2.45) is 0 Å². The molecule has 2 rings (SSSR count). The van der Waals surface area contributed by atoms with Crippen molar-refractivity contribution >= 4 is 35.0 Å². The molecular weight excluding hydrogens is 377 g/mol. The summed E-state index contributed by atoms with van der Waals surface area (Å²) in [5, 5.41) is 5.68. The van der Waals surface area contributed by atoms with Gasteiger partial charge in [-0.3, -0.25) is 9.59 Å². The van der Waals surface area contributed by atoms with Gasteiger partial charge in [0.25, 0.3) is 5.91 Å². The fourth-order valence-electron chi connectivity index (χ4n) is 2.07. The number of carbonyl (C=O) groups is 2. The molecular formula is C18H21Cl2N3O3. The van der Waals surface area contributed by atoms with E-state index in [0.29, 0.717) is 5.89 Å². The summed E-state index contributed by atoms with van der Waals surface area (Å²) in [5.41, 5.74) is 0.0496. The first-order chi connectivity index (χ1) is 12.1. The van der Waals surface area contributed by atoms with Crippen molar-refractivity contribution < 1.29 is 14.0 Å². The van der Waals surface area contributed by atoms with Crippen LogP contribution in [0.5, 0.6) is 0 Å². The molecule has 8 heteroatoms. The maximum absolute atomic E-state index is 12.3. The molecule has 6 nitrogen and oxygen atoms in total. The Hall–Kier alpha value is -2.05. The number of hydrogen-bond donors (Lipinski definition) is 2. The number of oxazole rings is 1. The molecule has 1 atom stereocenters. The van der Waals surface area contributed by atoms with Gasteiger partial charge in [0.1, 0.15) is 11.8 Å². The van der Waals surface area contributed by atoms with Gasteiger partial charge in [-0.1, -0.05) is 50.0 Å². The van der Waals surface area contributed by atoms with Crippen LogP contribution in [0.4, 0.5) is 0 Å². The number of carbonyl (C=O) groups excluding carboxylic acids is 2. The molecule has 26 heavy (non-hydrogen) atoms. The van der Waals surface area contributed by atoms with Crippen molar-refractivity contribution in [1.82, 2.24) is 15.6 Å². The van der Waals surface area contributed by atoms with Crippen molar-refractivity contribution in [3.63, 3.8) is 0 Å². The second-order valence-corrected chi connectivity index (χ2v) is 7.67. The Balaban J connectivity index is 1.92. The largest absolute Gasteiger partial charge is 0.443 e. The lowest BCUT2D eigenvalue weighted by molar-refractivity contribution is -0.122. The molecule has 0 aliphatic rings. The Morgan fingerprint density at radius 3 is 2.58 bits per heavy atom. The van der Waals surface area contributed by atoms with Crippen LogP contribution in [-0.4, -0.2) is 22.8 Å². The minimum atomic E-state index is -0.769. The molecule has 0 bridgehead atoms. The summed E-state index contributed by atoms with van der Waals surface area (Å²) >= 11 is 11.9. The van der Waals surface area contributed by atoms with Gasteiger partial charge < -0.3 is 15.1 Å². The maximum atomic E-state index is 12.3. The molecule has 1 heterocycles. The fourth-order valence-corrected chi connectivity index (χ4v) is 2.46. The fraction of sp³-hybridized carbons (Fsp3) is 0.389. The van der Waals surface area contributed by atoms with E-state index in [-0.39, 0.29) is 33.5 Å². The van der Waals surface area contributed by atoms with E-state index in [4.69, 9.17) is 27.6 Å². The Morgan fingerprint density at radius 2 is 1.96 bits per heavy atom. The third-order valence-electron chi connectivity index (χ3n) is 3.64. The highest BCUT2D eigenvalue weighted by Crippen LogP contribution is 2.25. The maximum Gasteiger partial charge on any atom is 0.253 e. The number of hydrogen-bond acceptors (Lipinski definition) is 4. The number of rotatable bonds is 5. The van der Waals surface area contributed by atoms with E-state index >= 15 is 0 Å². The van der Waals surface area contributed by atoms with Crippen LogP contribution in [0.2, 0.25) is 10.0 Å². The van der Waals surface area contributed by atoms with E-state index in [1.807, 2.05) is 20.8 Å². The minimum Gasteiger partial charge on any atom is -0.443 e. The number of nitrogens with one attached hydrogen (secondary N) is 2. The molecule has 2 amide bonds. The van der Waals surface area contributed by atoms with E-state index in [2.05, 4.69) is 15.6 Å². The lowest BCUT2D eigenvalue weighted by atomic mass is 9.94.